The molecule has 1 heterocycles. The van der Waals surface area contributed by atoms with Gasteiger partial charge in [0, 0.05) is 28.6 Å². The number of carbonyl (C=O) groups is 1. The number of nitrogens with zero attached hydrogens (tertiary/aromatic N) is 2. The van der Waals surface area contributed by atoms with Crippen LogP contribution in [0.25, 0.3) is 11.4 Å². The van der Waals surface area contributed by atoms with Gasteiger partial charge in [-0.15, -0.1) is 0 Å². The average molecular weight is 414 g/mol. The van der Waals surface area contributed by atoms with E-state index in [4.69, 9.17) is 4.52 Å². The van der Waals surface area contributed by atoms with Gasteiger partial charge >= 0.3 is 0 Å². The van der Waals surface area contributed by atoms with Gasteiger partial charge in [-0.2, -0.15) is 4.98 Å². The van der Waals surface area contributed by atoms with Gasteiger partial charge in [-0.3, -0.25) is 4.79 Å². The Morgan fingerprint density at radius 1 is 1.12 bits per heavy atom. The highest BCUT2D eigenvalue weighted by Gasteiger charge is 2.11. The van der Waals surface area contributed by atoms with Crippen molar-refractivity contribution in [3.8, 4) is 11.4 Å². The first-order chi connectivity index (χ1) is 12.5. The molecule has 0 aliphatic carbocycles. The topological polar surface area (TPSA) is 68.0 Å². The molecule has 0 bridgehead atoms. The molecule has 0 unspecified atom stereocenters. The number of aromatic nitrogens is 2. The van der Waals surface area contributed by atoms with Gasteiger partial charge in [0.15, 0.2) is 0 Å². The molecule has 0 fully saturated rings. The Bertz CT molecular complexity index is 871. The number of benzene rings is 2. The molecule has 0 radical (unpaired) electrons. The molecule has 0 saturated carbocycles. The second-order valence-corrected chi connectivity index (χ2v) is 7.26. The number of hydrogen-bond acceptors (Lipinski definition) is 4. The normalized spacial score (nSPS) is 10.9. The molecule has 0 spiro atoms. The maximum absolute atomic E-state index is 12.0. The van der Waals surface area contributed by atoms with Crippen molar-refractivity contribution in [1.82, 2.24) is 10.1 Å². The van der Waals surface area contributed by atoms with Crippen molar-refractivity contribution in [2.45, 2.75) is 32.6 Å². The molecule has 0 saturated heterocycles. The van der Waals surface area contributed by atoms with Crippen LogP contribution in [0.4, 0.5) is 5.69 Å². The molecule has 0 aliphatic heterocycles. The summed E-state index contributed by atoms with van der Waals surface area (Å²) >= 11 is 3.37. The van der Waals surface area contributed by atoms with Crippen molar-refractivity contribution >= 4 is 27.5 Å². The molecule has 0 aliphatic rings. The zero-order chi connectivity index (χ0) is 18.5. The van der Waals surface area contributed by atoms with Crippen LogP contribution in [0.15, 0.2) is 57.5 Å². The first-order valence-corrected chi connectivity index (χ1v) is 9.29. The maximum Gasteiger partial charge on any atom is 0.227 e. The Morgan fingerprint density at radius 2 is 1.81 bits per heavy atom. The fraction of sp³-hybridized carbons (Fsp3) is 0.250. The van der Waals surface area contributed by atoms with E-state index in [1.54, 1.807) is 0 Å². The summed E-state index contributed by atoms with van der Waals surface area (Å²) in [7, 11) is 0. The third-order valence-corrected chi connectivity index (χ3v) is 4.53. The summed E-state index contributed by atoms with van der Waals surface area (Å²) in [6, 6.07) is 15.6. The van der Waals surface area contributed by atoms with Crippen molar-refractivity contribution in [2.75, 3.05) is 5.32 Å². The van der Waals surface area contributed by atoms with Gasteiger partial charge in [0.25, 0.3) is 0 Å². The largest absolute Gasteiger partial charge is 0.339 e. The van der Waals surface area contributed by atoms with Crippen molar-refractivity contribution < 1.29 is 9.32 Å². The van der Waals surface area contributed by atoms with Crippen LogP contribution in [0.3, 0.4) is 0 Å². The van der Waals surface area contributed by atoms with Crippen LogP contribution in [-0.4, -0.2) is 16.0 Å². The Labute approximate surface area is 160 Å². The highest BCUT2D eigenvalue weighted by Crippen LogP contribution is 2.21. The maximum atomic E-state index is 12.0. The number of hydrogen-bond donors (Lipinski definition) is 1. The monoisotopic (exact) mass is 413 g/mol. The van der Waals surface area contributed by atoms with Crippen LogP contribution < -0.4 is 5.32 Å². The van der Waals surface area contributed by atoms with Gasteiger partial charge in [-0.25, -0.2) is 0 Å². The van der Waals surface area contributed by atoms with Crippen molar-refractivity contribution in [1.29, 1.82) is 0 Å². The molecule has 1 aromatic heterocycles. The average Bonchev–Trinajstić information content (AvgIpc) is 3.11. The summed E-state index contributed by atoms with van der Waals surface area (Å²) in [6.45, 7) is 4.31. The lowest BCUT2D eigenvalue weighted by atomic mass is 10.0. The predicted octanol–water partition coefficient (Wildman–Crippen LogP) is 5.19. The fourth-order valence-corrected chi connectivity index (χ4v) is 2.73. The molecule has 26 heavy (non-hydrogen) atoms. The minimum atomic E-state index is -0.0895. The number of rotatable bonds is 6. The third-order valence-electron chi connectivity index (χ3n) is 4.00. The number of amides is 1. The summed E-state index contributed by atoms with van der Waals surface area (Å²) in [5, 5.41) is 6.85. The smallest absolute Gasteiger partial charge is 0.227 e. The van der Waals surface area contributed by atoms with E-state index >= 15 is 0 Å². The lowest BCUT2D eigenvalue weighted by Crippen LogP contribution is -2.12. The zero-order valence-corrected chi connectivity index (χ0v) is 16.3. The molecule has 1 N–H and O–H groups in total. The first-order valence-electron chi connectivity index (χ1n) is 8.49. The molecule has 5 nitrogen and oxygen atoms in total. The van der Waals surface area contributed by atoms with Crippen LogP contribution in [0, 0.1) is 0 Å². The van der Waals surface area contributed by atoms with E-state index in [1.165, 1.54) is 5.56 Å². The van der Waals surface area contributed by atoms with Gasteiger partial charge in [0.2, 0.25) is 17.6 Å². The lowest BCUT2D eigenvalue weighted by molar-refractivity contribution is -0.116. The molecular weight excluding hydrogens is 394 g/mol. The second kappa shape index (κ2) is 8.27. The van der Waals surface area contributed by atoms with Crippen molar-refractivity contribution in [2.24, 2.45) is 0 Å². The number of halogens is 1. The molecule has 3 aromatic rings. The molecule has 6 heteroatoms. The van der Waals surface area contributed by atoms with Crippen LogP contribution in [0.1, 0.15) is 37.6 Å². The minimum Gasteiger partial charge on any atom is -0.339 e. The van der Waals surface area contributed by atoms with Crippen molar-refractivity contribution in [3.05, 3.63) is 64.5 Å². The Kier molecular flexibility index (Phi) is 5.83. The molecular formula is C20H20BrN3O2. The van der Waals surface area contributed by atoms with Gasteiger partial charge in [0.1, 0.15) is 0 Å². The van der Waals surface area contributed by atoms with Crippen molar-refractivity contribution in [3.63, 3.8) is 0 Å². The zero-order valence-electron chi connectivity index (χ0n) is 14.7. The SMILES string of the molecule is CC(C)c1ccc(-c2noc(CCC(=O)Nc3ccc(Br)cc3)n2)cc1. The number of carbonyl (C=O) groups excluding carboxylic acids is 1. The second-order valence-electron chi connectivity index (χ2n) is 6.34. The predicted molar refractivity (Wildman–Crippen MR) is 105 cm³/mol. The summed E-state index contributed by atoms with van der Waals surface area (Å²) in [5.74, 6) is 1.39. The van der Waals surface area contributed by atoms with Gasteiger partial charge < -0.3 is 9.84 Å². The van der Waals surface area contributed by atoms with Crippen LogP contribution in [0.5, 0.6) is 0 Å². The fourth-order valence-electron chi connectivity index (χ4n) is 2.47. The number of nitrogens with one attached hydrogen (secondary N) is 1. The molecule has 3 rings (SSSR count). The highest BCUT2D eigenvalue weighted by atomic mass is 79.9. The Morgan fingerprint density at radius 3 is 2.46 bits per heavy atom. The third kappa shape index (κ3) is 4.79. The van der Waals surface area contributed by atoms with Crippen LogP contribution >= 0.6 is 15.9 Å². The van der Waals surface area contributed by atoms with Crippen LogP contribution in [-0.2, 0) is 11.2 Å². The Balaban J connectivity index is 1.56. The summed E-state index contributed by atoms with van der Waals surface area (Å²) in [5.41, 5.74) is 2.93. The van der Waals surface area contributed by atoms with E-state index in [1.807, 2.05) is 36.4 Å². The summed E-state index contributed by atoms with van der Waals surface area (Å²) in [4.78, 5) is 16.4. The van der Waals surface area contributed by atoms with E-state index in [2.05, 4.69) is 57.4 Å². The van der Waals surface area contributed by atoms with Gasteiger partial charge in [-0.1, -0.05) is 59.2 Å². The van der Waals surface area contributed by atoms with E-state index in [0.29, 0.717) is 24.1 Å². The minimum absolute atomic E-state index is 0.0895. The number of anilines is 1. The van der Waals surface area contributed by atoms with E-state index < -0.39 is 0 Å². The van der Waals surface area contributed by atoms with Crippen LogP contribution in [0.2, 0.25) is 0 Å². The molecule has 2 aromatic carbocycles. The van der Waals surface area contributed by atoms with E-state index in [0.717, 1.165) is 15.7 Å². The highest BCUT2D eigenvalue weighted by molar-refractivity contribution is 9.10. The Hall–Kier alpha value is -2.47. The van der Waals surface area contributed by atoms with Gasteiger partial charge in [0.05, 0.1) is 0 Å². The lowest BCUT2D eigenvalue weighted by Gasteiger charge is -2.04. The quantitative estimate of drug-likeness (QED) is 0.603. The van der Waals surface area contributed by atoms with Gasteiger partial charge in [-0.05, 0) is 35.7 Å². The summed E-state index contributed by atoms with van der Waals surface area (Å²) in [6.07, 6.45) is 0.684. The number of aryl methyl sites for hydroxylation is 1. The van der Waals surface area contributed by atoms with E-state index in [9.17, 15) is 4.79 Å². The van der Waals surface area contributed by atoms with E-state index in [-0.39, 0.29) is 12.3 Å². The first kappa shape index (κ1) is 18.3. The molecule has 0 atom stereocenters. The molecule has 134 valence electrons. The standard InChI is InChI=1S/C20H20BrN3O2/c1-13(2)14-3-5-15(6-4-14)20-23-19(26-24-20)12-11-18(25)22-17-9-7-16(21)8-10-17/h3-10,13H,11-12H2,1-2H3,(H,22,25). The molecule has 1 amide bonds. The summed E-state index contributed by atoms with van der Waals surface area (Å²) < 4.78 is 6.23.